The number of aliphatic hydroxyl groups excluding tert-OH is 5. The van der Waals surface area contributed by atoms with Gasteiger partial charge in [0.25, 0.3) is 0 Å². The highest BCUT2D eigenvalue weighted by Gasteiger charge is 2.44. The fourth-order valence-electron chi connectivity index (χ4n) is 10.1. The Balaban J connectivity index is 2.07. The van der Waals surface area contributed by atoms with Gasteiger partial charge in [0.05, 0.1) is 32.0 Å². The van der Waals surface area contributed by atoms with Crippen LogP contribution in [0.2, 0.25) is 0 Å². The monoisotopic (exact) mass is 1080 g/mol. The lowest BCUT2D eigenvalue weighted by atomic mass is 9.99. The summed E-state index contributed by atoms with van der Waals surface area (Å²) in [7, 11) is 0. The van der Waals surface area contributed by atoms with Crippen LogP contribution in [0.1, 0.15) is 303 Å². The third-order valence-corrected chi connectivity index (χ3v) is 15.2. The van der Waals surface area contributed by atoms with Crippen LogP contribution in [0.3, 0.4) is 0 Å². The average molecular weight is 1080 g/mol. The van der Waals surface area contributed by atoms with Gasteiger partial charge in [-0.25, -0.2) is 0 Å². The van der Waals surface area contributed by atoms with E-state index in [-0.39, 0.29) is 18.5 Å². The SMILES string of the molecule is CCCCCCC/C=C/CC/C=C/CC/C=C/C(O)C(COC1OC(CO)C(O)C(O)C1O)NC(=O)CCCCCCCCCCCCCCCCCCCCCCCCOC(=O)CCCCCCCCCCCCC. The molecule has 0 aromatic carbocycles. The first kappa shape index (κ1) is 71.9. The Morgan fingerprint density at radius 3 is 1.30 bits per heavy atom. The minimum absolute atomic E-state index is 0.000104. The summed E-state index contributed by atoms with van der Waals surface area (Å²) in [6.45, 7) is 4.32. The molecule has 1 saturated heterocycles. The number of carbonyl (C=O) groups excluding carboxylic acids is 2. The van der Waals surface area contributed by atoms with Crippen molar-refractivity contribution in [3.8, 4) is 0 Å². The summed E-state index contributed by atoms with van der Waals surface area (Å²) in [5.74, 6) is -0.196. The first-order chi connectivity index (χ1) is 37.2. The largest absolute Gasteiger partial charge is 0.466 e. The van der Waals surface area contributed by atoms with Crippen LogP contribution >= 0.6 is 0 Å². The van der Waals surface area contributed by atoms with Gasteiger partial charge in [0.15, 0.2) is 6.29 Å². The van der Waals surface area contributed by atoms with E-state index in [1.165, 1.54) is 205 Å². The van der Waals surface area contributed by atoms with Crippen LogP contribution in [0.15, 0.2) is 36.5 Å². The number of amides is 1. The highest BCUT2D eigenvalue weighted by Crippen LogP contribution is 2.23. The molecule has 0 saturated carbocycles. The highest BCUT2D eigenvalue weighted by atomic mass is 16.7. The van der Waals surface area contributed by atoms with Crippen molar-refractivity contribution in [1.29, 1.82) is 0 Å². The van der Waals surface area contributed by atoms with E-state index in [4.69, 9.17) is 14.2 Å². The van der Waals surface area contributed by atoms with Crippen molar-refractivity contribution in [1.82, 2.24) is 5.32 Å². The number of esters is 1. The van der Waals surface area contributed by atoms with Crippen LogP contribution in [-0.4, -0.2) is 100 Å². The third kappa shape index (κ3) is 43.7. The normalized spacial score (nSPS) is 18.9. The zero-order valence-electron chi connectivity index (χ0n) is 49.2. The van der Waals surface area contributed by atoms with Crippen LogP contribution < -0.4 is 5.32 Å². The summed E-state index contributed by atoms with van der Waals surface area (Å²) >= 11 is 0. The average Bonchev–Trinajstić information content (AvgIpc) is 3.42. The van der Waals surface area contributed by atoms with E-state index in [1.807, 2.05) is 6.08 Å². The lowest BCUT2D eigenvalue weighted by Crippen LogP contribution is -2.60. The zero-order chi connectivity index (χ0) is 55.2. The molecule has 7 atom stereocenters. The smallest absolute Gasteiger partial charge is 0.305 e. The molecule has 6 N–H and O–H groups in total. The molecule has 0 aromatic rings. The van der Waals surface area contributed by atoms with Gasteiger partial charge in [-0.1, -0.05) is 269 Å². The maximum absolute atomic E-state index is 13.1. The number of aliphatic hydroxyl groups is 5. The van der Waals surface area contributed by atoms with Crippen molar-refractivity contribution >= 4 is 11.9 Å². The summed E-state index contributed by atoms with van der Waals surface area (Å²) in [4.78, 5) is 25.1. The number of nitrogens with one attached hydrogen (secondary N) is 1. The molecule has 11 nitrogen and oxygen atoms in total. The van der Waals surface area contributed by atoms with E-state index in [0.29, 0.717) is 19.4 Å². The lowest BCUT2D eigenvalue weighted by Gasteiger charge is -2.40. The Bertz CT molecular complexity index is 1360. The molecular weight excluding hydrogens is 955 g/mol. The molecule has 1 amide bonds. The zero-order valence-corrected chi connectivity index (χ0v) is 49.2. The molecule has 0 aliphatic carbocycles. The van der Waals surface area contributed by atoms with Crippen molar-refractivity contribution in [2.45, 2.75) is 346 Å². The van der Waals surface area contributed by atoms with Gasteiger partial charge in [0, 0.05) is 12.8 Å². The second-order valence-corrected chi connectivity index (χ2v) is 22.5. The third-order valence-electron chi connectivity index (χ3n) is 15.2. The number of hydrogen-bond donors (Lipinski definition) is 6. The Morgan fingerprint density at radius 2 is 0.855 bits per heavy atom. The molecule has 1 fully saturated rings. The molecule has 0 radical (unpaired) electrons. The molecular formula is C65H121NO10. The van der Waals surface area contributed by atoms with Gasteiger partial charge < -0.3 is 45.1 Å². The maximum Gasteiger partial charge on any atom is 0.305 e. The van der Waals surface area contributed by atoms with Crippen LogP contribution in [0.5, 0.6) is 0 Å². The summed E-state index contributed by atoms with van der Waals surface area (Å²) in [5, 5.41) is 54.4. The number of carbonyl (C=O) groups is 2. The Labute approximate surface area is 466 Å². The van der Waals surface area contributed by atoms with Gasteiger partial charge in [-0.3, -0.25) is 9.59 Å². The number of hydrogen-bond acceptors (Lipinski definition) is 10. The summed E-state index contributed by atoms with van der Waals surface area (Å²) in [6.07, 6.45) is 58.1. The van der Waals surface area contributed by atoms with Gasteiger partial charge in [-0.05, 0) is 57.8 Å². The van der Waals surface area contributed by atoms with Gasteiger partial charge >= 0.3 is 5.97 Å². The van der Waals surface area contributed by atoms with Crippen molar-refractivity contribution in [2.75, 3.05) is 19.8 Å². The minimum atomic E-state index is -1.58. The van der Waals surface area contributed by atoms with Crippen molar-refractivity contribution in [3.05, 3.63) is 36.5 Å². The maximum atomic E-state index is 13.1. The van der Waals surface area contributed by atoms with Crippen molar-refractivity contribution in [3.63, 3.8) is 0 Å². The Kier molecular flexibility index (Phi) is 51.9. The minimum Gasteiger partial charge on any atom is -0.466 e. The number of unbranched alkanes of at least 4 members (excludes halogenated alkanes) is 38. The fraction of sp³-hybridized carbons (Fsp3) is 0.877. The quantitative estimate of drug-likeness (QED) is 0.0195. The summed E-state index contributed by atoms with van der Waals surface area (Å²) in [6, 6.07) is -0.835. The molecule has 76 heavy (non-hydrogen) atoms. The van der Waals surface area contributed by atoms with E-state index in [0.717, 1.165) is 70.6 Å². The second-order valence-electron chi connectivity index (χ2n) is 22.5. The van der Waals surface area contributed by atoms with E-state index < -0.39 is 49.5 Å². The highest BCUT2D eigenvalue weighted by molar-refractivity contribution is 5.76. The molecule has 0 bridgehead atoms. The molecule has 1 heterocycles. The molecule has 11 heteroatoms. The molecule has 1 rings (SSSR count). The molecule has 0 spiro atoms. The van der Waals surface area contributed by atoms with E-state index in [9.17, 15) is 35.1 Å². The van der Waals surface area contributed by atoms with Gasteiger partial charge in [-0.15, -0.1) is 0 Å². The van der Waals surface area contributed by atoms with Gasteiger partial charge in [-0.2, -0.15) is 0 Å². The Hall–Kier alpha value is -2.12. The van der Waals surface area contributed by atoms with Crippen LogP contribution in [0, 0.1) is 0 Å². The number of ether oxygens (including phenoxy) is 3. The number of rotatable bonds is 56. The van der Waals surface area contributed by atoms with E-state index in [1.54, 1.807) is 6.08 Å². The van der Waals surface area contributed by atoms with Gasteiger partial charge in [0.1, 0.15) is 24.4 Å². The van der Waals surface area contributed by atoms with Crippen LogP contribution in [-0.2, 0) is 23.8 Å². The van der Waals surface area contributed by atoms with Crippen molar-refractivity contribution < 1.29 is 49.3 Å². The molecule has 1 aliphatic rings. The van der Waals surface area contributed by atoms with Crippen LogP contribution in [0.25, 0.3) is 0 Å². The summed E-state index contributed by atoms with van der Waals surface area (Å²) < 4.78 is 16.7. The predicted molar refractivity (Wildman–Crippen MR) is 315 cm³/mol. The first-order valence-corrected chi connectivity index (χ1v) is 32.3. The molecule has 0 aromatic heterocycles. The Morgan fingerprint density at radius 1 is 0.474 bits per heavy atom. The van der Waals surface area contributed by atoms with E-state index >= 15 is 0 Å². The fourth-order valence-corrected chi connectivity index (χ4v) is 10.1. The lowest BCUT2D eigenvalue weighted by molar-refractivity contribution is -0.302. The van der Waals surface area contributed by atoms with E-state index in [2.05, 4.69) is 43.5 Å². The van der Waals surface area contributed by atoms with Gasteiger partial charge in [0.2, 0.25) is 5.91 Å². The van der Waals surface area contributed by atoms with Crippen molar-refractivity contribution in [2.24, 2.45) is 0 Å². The molecule has 7 unspecified atom stereocenters. The second kappa shape index (κ2) is 54.8. The first-order valence-electron chi connectivity index (χ1n) is 32.3. The topological polar surface area (TPSA) is 175 Å². The van der Waals surface area contributed by atoms with Crippen LogP contribution in [0.4, 0.5) is 0 Å². The standard InChI is InChI=1S/C65H121NO10/c1-3-5-7-9-11-13-15-16-25-28-32-35-39-43-47-51-58(68)57(56-75-65-64(73)63(72)62(71)59(55-67)76-65)66-60(69)52-48-44-40-36-33-29-26-23-21-19-17-18-20-22-24-27-30-34-38-42-46-50-54-74-61(70)53-49-45-41-37-31-14-12-10-8-6-4-2/h15-16,32,35,47,51,57-59,62-65,67-68,71-73H,3-14,17-31,33-34,36-46,48-50,52-56H2,1-2H3,(H,66,69)/b16-15+,35-32+,51-47+. The number of allylic oxidation sites excluding steroid dienone is 5. The summed E-state index contributed by atoms with van der Waals surface area (Å²) in [5.41, 5.74) is 0. The predicted octanol–water partition coefficient (Wildman–Crippen LogP) is 15.5. The molecule has 1 aliphatic heterocycles. The molecule has 446 valence electrons.